The van der Waals surface area contributed by atoms with Gasteiger partial charge in [0.05, 0.1) is 55.2 Å². The van der Waals surface area contributed by atoms with Crippen molar-refractivity contribution in [1.82, 2.24) is 22.8 Å². The van der Waals surface area contributed by atoms with Crippen molar-refractivity contribution in [2.24, 2.45) is 0 Å². The Bertz CT molecular complexity index is 8280. The zero-order valence-corrected chi connectivity index (χ0v) is 94.4. The van der Waals surface area contributed by atoms with Crippen molar-refractivity contribution in [3.8, 4) is 61.8 Å². The molecule has 0 radical (unpaired) electrons. The Kier molecular flexibility index (Phi) is 27.6. The first-order chi connectivity index (χ1) is 68.8. The molecular weight excluding hydrogens is 1760 g/mol. The zero-order valence-electron chi connectivity index (χ0n) is 94.4. The first-order valence-electron chi connectivity index (χ1n) is 53.8. The van der Waals surface area contributed by atoms with Crippen molar-refractivity contribution >= 4 is 109 Å². The second kappa shape index (κ2) is 38.7. The van der Waals surface area contributed by atoms with Crippen LogP contribution in [0.3, 0.4) is 0 Å². The maximum absolute atomic E-state index is 2.54. The SMILES string of the molecule is CC.CC.CC(C)c1c(C(C)(C)C)ccc2c1c1c(-c3ccccc3)cccc1n2-c1cc(C(C)(C)C)cc(C(C)(C)C)c1.Cc1c(-n2c3ccc(C(C)(C)C)cc3c3cc(C(C)(C)C)ccc32)ccc2c1c1c(-c3ccccc3)cccc1n2-c1cc(C(C)(C)C)cc(C(C)(C)C)c1.Cc1c(-n2c3ccccc3c3ccccc32)ccc2c1c1c(-c3ccccc3)cccc1n2-c1cc(C(C)(C)C)cc(C(C)(C)C)c1. The van der Waals surface area contributed by atoms with Gasteiger partial charge < -0.3 is 22.8 Å². The number of rotatable bonds is 9. The van der Waals surface area contributed by atoms with Crippen molar-refractivity contribution in [3.05, 3.63) is 388 Å². The molecular formula is C141H159N5. The van der Waals surface area contributed by atoms with Crippen LogP contribution in [0, 0.1) is 13.8 Å². The van der Waals surface area contributed by atoms with E-state index in [-0.39, 0.29) is 48.7 Å². The second-order valence-electron chi connectivity index (χ2n) is 50.2. The molecule has 0 unspecified atom stereocenters. The zero-order chi connectivity index (χ0) is 105. The predicted molar refractivity (Wildman–Crippen MR) is 642 cm³/mol. The molecule has 0 aliphatic rings. The summed E-state index contributed by atoms with van der Waals surface area (Å²) in [6.07, 6.45) is 0. The fourth-order valence-corrected chi connectivity index (χ4v) is 22.2. The van der Waals surface area contributed by atoms with Crippen LogP contribution >= 0.6 is 0 Å². The summed E-state index contributed by atoms with van der Waals surface area (Å²) in [5, 5.41) is 13.2. The van der Waals surface area contributed by atoms with Gasteiger partial charge in [0, 0.05) is 82.3 Å². The number of aryl methyl sites for hydroxylation is 2. The van der Waals surface area contributed by atoms with Gasteiger partial charge in [-0.1, -0.05) is 429 Å². The summed E-state index contributed by atoms with van der Waals surface area (Å²) in [6.45, 7) is 80.1. The van der Waals surface area contributed by atoms with Crippen molar-refractivity contribution in [1.29, 1.82) is 0 Å². The number of nitrogens with zero attached hydrogens (tertiary/aromatic N) is 5. The van der Waals surface area contributed by atoms with E-state index in [0.29, 0.717) is 5.92 Å². The van der Waals surface area contributed by atoms with Gasteiger partial charge in [-0.05, 0) is 290 Å². The van der Waals surface area contributed by atoms with Crippen molar-refractivity contribution in [3.63, 3.8) is 0 Å². The summed E-state index contributed by atoms with van der Waals surface area (Å²) in [5.74, 6) is 0.395. The summed E-state index contributed by atoms with van der Waals surface area (Å²) in [4.78, 5) is 0. The fourth-order valence-electron chi connectivity index (χ4n) is 22.2. The smallest absolute Gasteiger partial charge is 0.0547 e. The van der Waals surface area contributed by atoms with Crippen LogP contribution in [0.1, 0.15) is 301 Å². The quantitative estimate of drug-likeness (QED) is 0.138. The van der Waals surface area contributed by atoms with E-state index in [1.807, 2.05) is 27.7 Å². The Morgan fingerprint density at radius 1 is 0.185 bits per heavy atom. The van der Waals surface area contributed by atoms with Gasteiger partial charge in [0.2, 0.25) is 0 Å². The molecule has 5 heterocycles. The van der Waals surface area contributed by atoms with Crippen LogP contribution in [0.25, 0.3) is 171 Å². The van der Waals surface area contributed by atoms with E-state index < -0.39 is 0 Å². The number of aromatic nitrogens is 5. The van der Waals surface area contributed by atoms with Crippen LogP contribution in [-0.4, -0.2) is 22.8 Å². The summed E-state index contributed by atoms with van der Waals surface area (Å²) in [6, 6.07) is 121. The number of fused-ring (bicyclic) bond motifs is 15. The van der Waals surface area contributed by atoms with E-state index in [2.05, 4.69) is 559 Å². The van der Waals surface area contributed by atoms with Gasteiger partial charge >= 0.3 is 0 Å². The molecule has 0 atom stereocenters. The lowest BCUT2D eigenvalue weighted by Crippen LogP contribution is -2.17. The number of benzene rings is 16. The Morgan fingerprint density at radius 3 is 0.705 bits per heavy atom. The van der Waals surface area contributed by atoms with E-state index >= 15 is 0 Å². The van der Waals surface area contributed by atoms with Gasteiger partial charge in [0.15, 0.2) is 0 Å². The fraction of sp³-hybridized carbons (Fsp3) is 0.319. The van der Waals surface area contributed by atoms with E-state index in [0.717, 1.165) is 0 Å². The molecule has 21 aromatic rings. The van der Waals surface area contributed by atoms with Gasteiger partial charge in [0.25, 0.3) is 0 Å². The monoisotopic (exact) mass is 1920 g/mol. The minimum Gasteiger partial charge on any atom is -0.309 e. The Morgan fingerprint density at radius 2 is 0.425 bits per heavy atom. The molecule has 0 saturated heterocycles. The van der Waals surface area contributed by atoms with Crippen LogP contribution in [0.5, 0.6) is 0 Å². The standard InChI is InChI=1S/C53H58N2.C45H42N2.C39H47N.2C2H6/c1-33-43(55-44-24-22-35(50(2,3)4)31-41(44)42-32-36(51(5,6)7)23-25-45(42)55)26-27-47-48(33)49-40(34-18-15-14-16-19-34)20-17-21-46(49)54(47)39-29-37(52(8,9)10)28-38(30-39)53(11,12)13;1-29-37(47-38-21-13-11-18-35(38)36-19-12-14-22-39(36)47)24-25-41-42(29)43-34(30-16-9-8-10-17-30)20-15-23-40(43)46(41)33-27-31(44(2,3)4)26-32(28-33)45(5,6)7;1-25(2)34-31(39(9,10)11)20-21-33-36(34)35-30(26-16-13-12-14-17-26)18-15-19-32(35)40(33)29-23-27(37(3,4)5)22-28(24-29)38(6,7)8;2*1-2/h14-32H,1-13H3;8-28H,1-7H3;12-25H,1-11H3;2*1-2H3. The van der Waals surface area contributed by atoms with Gasteiger partial charge in [0.1, 0.15) is 0 Å². The highest BCUT2D eigenvalue weighted by Gasteiger charge is 2.34. The van der Waals surface area contributed by atoms with Crippen LogP contribution in [0.2, 0.25) is 0 Å². The van der Waals surface area contributed by atoms with Crippen LogP contribution in [0.15, 0.2) is 322 Å². The summed E-state index contributed by atoms with van der Waals surface area (Å²) in [5.41, 5.74) is 42.8. The molecule has 0 aliphatic carbocycles. The molecule has 21 rings (SSSR count). The molecule has 0 aliphatic heterocycles. The predicted octanol–water partition coefficient (Wildman–Crippen LogP) is 41.0. The Balaban J connectivity index is 0.000000149. The molecule has 0 N–H and O–H groups in total. The molecule has 146 heavy (non-hydrogen) atoms. The van der Waals surface area contributed by atoms with Gasteiger partial charge in [-0.25, -0.2) is 0 Å². The van der Waals surface area contributed by atoms with Crippen molar-refractivity contribution in [2.45, 2.75) is 297 Å². The lowest BCUT2D eigenvalue weighted by molar-refractivity contribution is 0.567. The average molecular weight is 1920 g/mol. The first kappa shape index (κ1) is 104. The summed E-state index contributed by atoms with van der Waals surface area (Å²) in [7, 11) is 0. The molecule has 16 aromatic carbocycles. The van der Waals surface area contributed by atoms with E-state index in [9.17, 15) is 0 Å². The highest BCUT2D eigenvalue weighted by Crippen LogP contribution is 2.52. The number of para-hydroxylation sites is 2. The average Bonchev–Trinajstić information content (AvgIpc) is 1.56. The molecule has 5 heteroatoms. The van der Waals surface area contributed by atoms with Gasteiger partial charge in [-0.2, -0.15) is 0 Å². The van der Waals surface area contributed by atoms with E-state index in [4.69, 9.17) is 0 Å². The van der Waals surface area contributed by atoms with Crippen LogP contribution in [0.4, 0.5) is 0 Å². The molecule has 748 valence electrons. The van der Waals surface area contributed by atoms with Gasteiger partial charge in [-0.15, -0.1) is 0 Å². The number of hydrogen-bond acceptors (Lipinski definition) is 0. The molecule has 0 spiro atoms. The van der Waals surface area contributed by atoms with E-state index in [1.165, 1.54) is 238 Å². The van der Waals surface area contributed by atoms with Crippen molar-refractivity contribution in [2.75, 3.05) is 0 Å². The van der Waals surface area contributed by atoms with E-state index in [1.54, 1.807) is 0 Å². The largest absolute Gasteiger partial charge is 0.309 e. The number of hydrogen-bond donors (Lipinski definition) is 0. The maximum Gasteiger partial charge on any atom is 0.0547 e. The minimum atomic E-state index is 0.00327. The molecule has 0 fully saturated rings. The minimum absolute atomic E-state index is 0.00327. The summed E-state index contributed by atoms with van der Waals surface area (Å²) < 4.78 is 12.6. The molecule has 0 saturated carbocycles. The summed E-state index contributed by atoms with van der Waals surface area (Å²) >= 11 is 0. The van der Waals surface area contributed by atoms with Gasteiger partial charge in [-0.3, -0.25) is 0 Å². The van der Waals surface area contributed by atoms with Crippen LogP contribution < -0.4 is 0 Å². The third-order valence-corrected chi connectivity index (χ3v) is 30.3. The highest BCUT2D eigenvalue weighted by molar-refractivity contribution is 6.22. The first-order valence-corrected chi connectivity index (χ1v) is 53.8. The Labute approximate surface area is 872 Å². The third kappa shape index (κ3) is 19.2. The topological polar surface area (TPSA) is 24.6 Å². The van der Waals surface area contributed by atoms with Crippen molar-refractivity contribution < 1.29 is 0 Å². The lowest BCUT2D eigenvalue weighted by Gasteiger charge is -2.27. The molecule has 0 bridgehead atoms. The normalized spacial score (nSPS) is 12.7. The lowest BCUT2D eigenvalue weighted by atomic mass is 9.78. The van der Waals surface area contributed by atoms with Crippen LogP contribution in [-0.2, 0) is 48.7 Å². The molecule has 0 amide bonds. The molecule has 5 nitrogen and oxygen atoms in total. The highest BCUT2D eigenvalue weighted by atomic mass is 15.0. The maximum atomic E-state index is 2.54. The molecule has 5 aromatic heterocycles. The Hall–Kier alpha value is -13.5. The third-order valence-electron chi connectivity index (χ3n) is 30.3. The second-order valence-corrected chi connectivity index (χ2v) is 50.2.